The molecule has 1 aromatic rings. The van der Waals surface area contributed by atoms with Crippen LogP contribution in [0.5, 0.6) is 0 Å². The second-order valence-electron chi connectivity index (χ2n) is 7.22. The molecule has 1 N–H and O–H groups in total. The maximum absolute atomic E-state index is 10.8. The Morgan fingerprint density at radius 3 is 2.50 bits per heavy atom. The highest BCUT2D eigenvalue weighted by Crippen LogP contribution is 2.44. The average molecular weight is 278 g/mol. The first-order valence-electron chi connectivity index (χ1n) is 8.12. The van der Waals surface area contributed by atoms with Crippen LogP contribution in [0.1, 0.15) is 65.4 Å². The van der Waals surface area contributed by atoms with Crippen LogP contribution in [-0.4, -0.2) is 20.5 Å². The molecule has 1 aliphatic carbocycles. The third kappa shape index (κ3) is 3.43. The fourth-order valence-corrected chi connectivity index (χ4v) is 3.45. The molecule has 0 radical (unpaired) electrons. The summed E-state index contributed by atoms with van der Waals surface area (Å²) in [6.45, 7) is 10.00. The van der Waals surface area contributed by atoms with Gasteiger partial charge in [0, 0.05) is 19.2 Å². The van der Waals surface area contributed by atoms with Crippen molar-refractivity contribution in [2.75, 3.05) is 0 Å². The van der Waals surface area contributed by atoms with E-state index in [4.69, 9.17) is 0 Å². The Kier molecular flexibility index (Phi) is 4.58. The van der Waals surface area contributed by atoms with Crippen molar-refractivity contribution in [2.24, 2.45) is 11.3 Å². The van der Waals surface area contributed by atoms with Crippen molar-refractivity contribution in [2.45, 2.75) is 78.4 Å². The van der Waals surface area contributed by atoms with E-state index in [0.29, 0.717) is 5.41 Å². The SMILES string of the molecule is CCn1cc(CC2(O)CCC(C(C)(C)CC)CC2)cn1. The van der Waals surface area contributed by atoms with Crippen molar-refractivity contribution >= 4 is 0 Å². The normalized spacial score (nSPS) is 27.8. The summed E-state index contributed by atoms with van der Waals surface area (Å²) in [6.07, 6.45) is 10.1. The molecule has 114 valence electrons. The number of nitrogens with zero attached hydrogens (tertiary/aromatic N) is 2. The van der Waals surface area contributed by atoms with Crippen LogP contribution < -0.4 is 0 Å². The highest BCUT2D eigenvalue weighted by Gasteiger charge is 2.38. The Labute approximate surface area is 123 Å². The molecule has 0 bridgehead atoms. The molecular weight excluding hydrogens is 248 g/mol. The monoisotopic (exact) mass is 278 g/mol. The van der Waals surface area contributed by atoms with Crippen molar-refractivity contribution in [3.8, 4) is 0 Å². The van der Waals surface area contributed by atoms with Crippen molar-refractivity contribution in [3.63, 3.8) is 0 Å². The molecule has 1 aromatic heterocycles. The Morgan fingerprint density at radius 1 is 1.35 bits per heavy atom. The van der Waals surface area contributed by atoms with E-state index in [9.17, 15) is 5.11 Å². The average Bonchev–Trinajstić information content (AvgIpc) is 2.86. The summed E-state index contributed by atoms with van der Waals surface area (Å²) in [4.78, 5) is 0. The number of hydrogen-bond acceptors (Lipinski definition) is 2. The van der Waals surface area contributed by atoms with Gasteiger partial charge in [0.25, 0.3) is 0 Å². The van der Waals surface area contributed by atoms with Gasteiger partial charge in [0.2, 0.25) is 0 Å². The zero-order valence-corrected chi connectivity index (χ0v) is 13.5. The molecule has 3 heteroatoms. The van der Waals surface area contributed by atoms with Crippen molar-refractivity contribution in [3.05, 3.63) is 18.0 Å². The van der Waals surface area contributed by atoms with Crippen molar-refractivity contribution < 1.29 is 5.11 Å². The van der Waals surface area contributed by atoms with E-state index in [1.165, 1.54) is 12.0 Å². The third-order valence-electron chi connectivity index (χ3n) is 5.48. The van der Waals surface area contributed by atoms with Gasteiger partial charge in [-0.1, -0.05) is 27.2 Å². The summed E-state index contributed by atoms with van der Waals surface area (Å²) >= 11 is 0. The second-order valence-corrected chi connectivity index (χ2v) is 7.22. The lowest BCUT2D eigenvalue weighted by Gasteiger charge is -2.42. The number of rotatable bonds is 5. The van der Waals surface area contributed by atoms with Crippen LogP contribution in [0.2, 0.25) is 0 Å². The Morgan fingerprint density at radius 2 is 2.00 bits per heavy atom. The molecule has 20 heavy (non-hydrogen) atoms. The van der Waals surface area contributed by atoms with Gasteiger partial charge >= 0.3 is 0 Å². The van der Waals surface area contributed by atoms with Gasteiger partial charge in [-0.3, -0.25) is 4.68 Å². The van der Waals surface area contributed by atoms with Crippen LogP contribution in [0.4, 0.5) is 0 Å². The molecule has 0 spiro atoms. The minimum Gasteiger partial charge on any atom is -0.390 e. The predicted molar refractivity (Wildman–Crippen MR) is 82.6 cm³/mol. The highest BCUT2D eigenvalue weighted by molar-refractivity contribution is 5.09. The largest absolute Gasteiger partial charge is 0.390 e. The lowest BCUT2D eigenvalue weighted by Crippen LogP contribution is -2.39. The number of aromatic nitrogens is 2. The first-order chi connectivity index (χ1) is 9.38. The first-order valence-corrected chi connectivity index (χ1v) is 8.12. The minimum absolute atomic E-state index is 0.411. The molecule has 0 amide bonds. The Balaban J connectivity index is 1.94. The molecule has 0 aromatic carbocycles. The number of aryl methyl sites for hydroxylation is 1. The Bertz CT molecular complexity index is 428. The van der Waals surface area contributed by atoms with Gasteiger partial charge in [-0.2, -0.15) is 5.10 Å². The molecule has 2 rings (SSSR count). The molecule has 1 saturated carbocycles. The molecule has 1 heterocycles. The summed E-state index contributed by atoms with van der Waals surface area (Å²) in [5.41, 5.74) is 1.07. The van der Waals surface area contributed by atoms with Crippen LogP contribution in [0.3, 0.4) is 0 Å². The van der Waals surface area contributed by atoms with Crippen molar-refractivity contribution in [1.29, 1.82) is 0 Å². The van der Waals surface area contributed by atoms with E-state index in [1.807, 2.05) is 10.9 Å². The molecule has 0 unspecified atom stereocenters. The lowest BCUT2D eigenvalue weighted by molar-refractivity contribution is -0.0276. The molecular formula is C17H30N2O. The van der Waals surface area contributed by atoms with Crippen LogP contribution in [-0.2, 0) is 13.0 Å². The standard InChI is InChI=1S/C17H30N2O/c1-5-16(3,4)15-7-9-17(20,10-8-15)11-14-12-18-19(6-2)13-14/h12-13,15,20H,5-11H2,1-4H3. The zero-order valence-electron chi connectivity index (χ0n) is 13.5. The molecule has 0 atom stereocenters. The van der Waals surface area contributed by atoms with Gasteiger partial charge in [-0.05, 0) is 49.5 Å². The molecule has 1 aliphatic rings. The smallest absolute Gasteiger partial charge is 0.0689 e. The molecule has 0 aliphatic heterocycles. The summed E-state index contributed by atoms with van der Waals surface area (Å²) in [7, 11) is 0. The van der Waals surface area contributed by atoms with E-state index >= 15 is 0 Å². The third-order valence-corrected chi connectivity index (χ3v) is 5.48. The van der Waals surface area contributed by atoms with E-state index < -0.39 is 5.60 Å². The second kappa shape index (κ2) is 5.88. The molecule has 3 nitrogen and oxygen atoms in total. The van der Waals surface area contributed by atoms with Crippen molar-refractivity contribution in [1.82, 2.24) is 9.78 Å². The van der Waals surface area contributed by atoms with Gasteiger partial charge in [0.1, 0.15) is 0 Å². The van der Waals surface area contributed by atoms with E-state index in [2.05, 4.69) is 39.0 Å². The van der Waals surface area contributed by atoms with Crippen LogP contribution >= 0.6 is 0 Å². The lowest BCUT2D eigenvalue weighted by atomic mass is 9.65. The quantitative estimate of drug-likeness (QED) is 0.889. The van der Waals surface area contributed by atoms with E-state index in [0.717, 1.165) is 44.6 Å². The van der Waals surface area contributed by atoms with E-state index in [-0.39, 0.29) is 0 Å². The van der Waals surface area contributed by atoms with Crippen LogP contribution in [0, 0.1) is 11.3 Å². The van der Waals surface area contributed by atoms with E-state index in [1.54, 1.807) is 0 Å². The van der Waals surface area contributed by atoms with Gasteiger partial charge in [-0.15, -0.1) is 0 Å². The first kappa shape index (κ1) is 15.6. The van der Waals surface area contributed by atoms with Crippen LogP contribution in [0.25, 0.3) is 0 Å². The van der Waals surface area contributed by atoms with Gasteiger partial charge in [0.15, 0.2) is 0 Å². The Hall–Kier alpha value is -0.830. The van der Waals surface area contributed by atoms with Gasteiger partial charge in [0.05, 0.1) is 11.8 Å². The van der Waals surface area contributed by atoms with Gasteiger partial charge in [-0.25, -0.2) is 0 Å². The number of hydrogen-bond donors (Lipinski definition) is 1. The zero-order chi connectivity index (χ0) is 14.8. The maximum atomic E-state index is 10.8. The maximum Gasteiger partial charge on any atom is 0.0689 e. The molecule has 0 saturated heterocycles. The molecule has 1 fully saturated rings. The minimum atomic E-state index is -0.512. The summed E-state index contributed by atoms with van der Waals surface area (Å²) in [5, 5.41) is 15.1. The summed E-state index contributed by atoms with van der Waals surface area (Å²) in [6, 6.07) is 0. The summed E-state index contributed by atoms with van der Waals surface area (Å²) in [5.74, 6) is 0.756. The number of aliphatic hydroxyl groups is 1. The van der Waals surface area contributed by atoms with Crippen LogP contribution in [0.15, 0.2) is 12.4 Å². The predicted octanol–water partition coefficient (Wildman–Crippen LogP) is 3.80. The fourth-order valence-electron chi connectivity index (χ4n) is 3.45. The summed E-state index contributed by atoms with van der Waals surface area (Å²) < 4.78 is 1.94. The van der Waals surface area contributed by atoms with Gasteiger partial charge < -0.3 is 5.11 Å². The highest BCUT2D eigenvalue weighted by atomic mass is 16.3. The fraction of sp³-hybridized carbons (Fsp3) is 0.824. The topological polar surface area (TPSA) is 38.0 Å².